The fraction of sp³-hybridized carbons (Fsp3) is 0.250. The summed E-state index contributed by atoms with van der Waals surface area (Å²) < 4.78 is 51.3. The Morgan fingerprint density at radius 1 is 0.947 bits per heavy atom. The van der Waals surface area contributed by atoms with Gasteiger partial charge in [-0.15, -0.1) is 0 Å². The zero-order valence-corrected chi connectivity index (χ0v) is 21.2. The van der Waals surface area contributed by atoms with Gasteiger partial charge < -0.3 is 24.7 Å². The van der Waals surface area contributed by atoms with Crippen LogP contribution in [-0.4, -0.2) is 24.1 Å². The summed E-state index contributed by atoms with van der Waals surface area (Å²) in [6, 6.07) is 12.4. The van der Waals surface area contributed by atoms with Gasteiger partial charge in [-0.25, -0.2) is 18.4 Å². The van der Waals surface area contributed by atoms with E-state index in [0.29, 0.717) is 11.3 Å². The summed E-state index contributed by atoms with van der Waals surface area (Å²) in [5.74, 6) is -4.27. The van der Waals surface area contributed by atoms with E-state index < -0.39 is 41.0 Å². The van der Waals surface area contributed by atoms with Gasteiger partial charge in [0.1, 0.15) is 28.9 Å². The van der Waals surface area contributed by atoms with Gasteiger partial charge >= 0.3 is 11.9 Å². The predicted molar refractivity (Wildman–Crippen MR) is 133 cm³/mol. The normalized spacial score (nSPS) is 11.7. The SMILES string of the molecule is CCOC(=O)c1cc(Oc2ccc(C#N)cc2)cc(Oc2c(F)cc(C(N)C(=O)OC(C)(C)C)cc2F)c1. The maximum atomic E-state index is 14.9. The third kappa shape index (κ3) is 7.27. The fourth-order valence-electron chi connectivity index (χ4n) is 3.23. The third-order valence-electron chi connectivity index (χ3n) is 4.87. The lowest BCUT2D eigenvalue weighted by molar-refractivity contribution is -0.156. The first-order valence-corrected chi connectivity index (χ1v) is 11.6. The number of esters is 2. The summed E-state index contributed by atoms with van der Waals surface area (Å²) >= 11 is 0. The summed E-state index contributed by atoms with van der Waals surface area (Å²) in [7, 11) is 0. The average molecular weight is 525 g/mol. The molecule has 0 heterocycles. The van der Waals surface area contributed by atoms with Crippen LogP contribution in [0.1, 0.15) is 55.2 Å². The van der Waals surface area contributed by atoms with Crippen LogP contribution in [0.3, 0.4) is 0 Å². The zero-order valence-electron chi connectivity index (χ0n) is 21.2. The van der Waals surface area contributed by atoms with Gasteiger partial charge in [-0.2, -0.15) is 5.26 Å². The molecule has 0 saturated carbocycles. The minimum absolute atomic E-state index is 0.0115. The average Bonchev–Trinajstić information content (AvgIpc) is 2.85. The summed E-state index contributed by atoms with van der Waals surface area (Å²) in [4.78, 5) is 24.6. The van der Waals surface area contributed by atoms with Crippen molar-refractivity contribution < 1.29 is 37.3 Å². The highest BCUT2D eigenvalue weighted by molar-refractivity contribution is 5.90. The number of rotatable bonds is 8. The van der Waals surface area contributed by atoms with Crippen LogP contribution in [0, 0.1) is 23.0 Å². The Morgan fingerprint density at radius 3 is 2.05 bits per heavy atom. The molecule has 38 heavy (non-hydrogen) atoms. The second kappa shape index (κ2) is 11.7. The van der Waals surface area contributed by atoms with Crippen molar-refractivity contribution in [3.63, 3.8) is 0 Å². The minimum atomic E-state index is -1.42. The Kier molecular flexibility index (Phi) is 8.65. The molecule has 0 amide bonds. The quantitative estimate of drug-likeness (QED) is 0.360. The smallest absolute Gasteiger partial charge is 0.338 e. The van der Waals surface area contributed by atoms with Crippen LogP contribution in [0.5, 0.6) is 23.0 Å². The van der Waals surface area contributed by atoms with Gasteiger partial charge in [0.05, 0.1) is 23.8 Å². The molecular weight excluding hydrogens is 498 g/mol. The van der Waals surface area contributed by atoms with Crippen LogP contribution in [0.4, 0.5) is 8.78 Å². The number of nitrogens with two attached hydrogens (primary N) is 1. The first-order valence-electron chi connectivity index (χ1n) is 11.6. The summed E-state index contributed by atoms with van der Waals surface area (Å²) in [5.41, 5.74) is 5.29. The van der Waals surface area contributed by atoms with Crippen LogP contribution < -0.4 is 15.2 Å². The number of benzene rings is 3. The molecule has 0 aliphatic carbocycles. The highest BCUT2D eigenvalue weighted by Crippen LogP contribution is 2.34. The second-order valence-electron chi connectivity index (χ2n) is 9.08. The Hall–Kier alpha value is -4.49. The molecule has 8 nitrogen and oxygen atoms in total. The van der Waals surface area contributed by atoms with Crippen molar-refractivity contribution >= 4 is 11.9 Å². The molecule has 0 radical (unpaired) electrons. The maximum absolute atomic E-state index is 14.9. The minimum Gasteiger partial charge on any atom is -0.462 e. The van der Waals surface area contributed by atoms with E-state index in [2.05, 4.69) is 0 Å². The standard InChI is InChI=1S/C28H26F2N2O6/c1-5-35-26(33)18-10-20(36-19-8-6-16(15-31)7-9-19)14-21(11-18)37-25-22(29)12-17(13-23(25)30)24(32)27(34)38-28(2,3)4/h6-14,24H,5,32H2,1-4H3. The van der Waals surface area contributed by atoms with Gasteiger partial charge in [-0.1, -0.05) is 0 Å². The maximum Gasteiger partial charge on any atom is 0.338 e. The van der Waals surface area contributed by atoms with Gasteiger partial charge in [0.25, 0.3) is 0 Å². The zero-order chi connectivity index (χ0) is 28.0. The van der Waals surface area contributed by atoms with E-state index in [-0.39, 0.29) is 29.2 Å². The van der Waals surface area contributed by atoms with Crippen LogP contribution >= 0.6 is 0 Å². The molecule has 3 rings (SSSR count). The van der Waals surface area contributed by atoms with Crippen molar-refractivity contribution in [2.45, 2.75) is 39.3 Å². The molecular formula is C28H26F2N2O6. The van der Waals surface area contributed by atoms with Gasteiger partial charge in [0, 0.05) is 6.07 Å². The number of carbonyl (C=O) groups excluding carboxylic acids is 2. The van der Waals surface area contributed by atoms with Crippen LogP contribution in [0.15, 0.2) is 54.6 Å². The molecule has 0 aliphatic rings. The van der Waals surface area contributed by atoms with Crippen molar-refractivity contribution in [1.82, 2.24) is 0 Å². The van der Waals surface area contributed by atoms with Crippen LogP contribution in [0.2, 0.25) is 0 Å². The van der Waals surface area contributed by atoms with Gasteiger partial charge in [0.15, 0.2) is 17.4 Å². The Balaban J connectivity index is 1.93. The van der Waals surface area contributed by atoms with E-state index >= 15 is 0 Å². The lowest BCUT2D eigenvalue weighted by Gasteiger charge is -2.22. The molecule has 0 spiro atoms. The molecule has 3 aromatic carbocycles. The number of carbonyl (C=O) groups is 2. The highest BCUT2D eigenvalue weighted by atomic mass is 19.1. The highest BCUT2D eigenvalue weighted by Gasteiger charge is 2.26. The van der Waals surface area contributed by atoms with Crippen LogP contribution in [0.25, 0.3) is 0 Å². The summed E-state index contributed by atoms with van der Waals surface area (Å²) in [6.45, 7) is 6.64. The van der Waals surface area contributed by atoms with Gasteiger partial charge in [-0.3, -0.25) is 0 Å². The fourth-order valence-corrected chi connectivity index (χ4v) is 3.23. The van der Waals surface area contributed by atoms with E-state index in [1.165, 1.54) is 30.3 Å². The van der Waals surface area contributed by atoms with E-state index in [9.17, 15) is 18.4 Å². The summed E-state index contributed by atoms with van der Waals surface area (Å²) in [6.07, 6.45) is 0. The van der Waals surface area contributed by atoms with Crippen LogP contribution in [-0.2, 0) is 14.3 Å². The van der Waals surface area contributed by atoms with Gasteiger partial charge in [0.2, 0.25) is 0 Å². The molecule has 2 N–H and O–H groups in total. The van der Waals surface area contributed by atoms with Gasteiger partial charge in [-0.05, 0) is 81.8 Å². The van der Waals surface area contributed by atoms with E-state index in [4.69, 9.17) is 29.9 Å². The topological polar surface area (TPSA) is 121 Å². The molecule has 198 valence electrons. The Labute approximate surface area is 218 Å². The number of hydrogen-bond acceptors (Lipinski definition) is 8. The summed E-state index contributed by atoms with van der Waals surface area (Å²) in [5, 5.41) is 8.96. The van der Waals surface area contributed by atoms with Crippen molar-refractivity contribution in [1.29, 1.82) is 5.26 Å². The van der Waals surface area contributed by atoms with Crippen molar-refractivity contribution in [2.24, 2.45) is 5.73 Å². The number of ether oxygens (including phenoxy) is 4. The van der Waals surface area contributed by atoms with E-state index in [1.807, 2.05) is 6.07 Å². The lowest BCUT2D eigenvalue weighted by Crippen LogP contribution is -2.31. The van der Waals surface area contributed by atoms with Crippen molar-refractivity contribution in [2.75, 3.05) is 6.61 Å². The number of nitriles is 1. The molecule has 1 unspecified atom stereocenters. The molecule has 10 heteroatoms. The Bertz CT molecular complexity index is 1350. The first kappa shape index (κ1) is 28.1. The molecule has 1 atom stereocenters. The first-order chi connectivity index (χ1) is 17.9. The molecule has 0 bridgehead atoms. The molecule has 0 aliphatic heterocycles. The van der Waals surface area contributed by atoms with E-state index in [1.54, 1.807) is 39.8 Å². The molecule has 0 saturated heterocycles. The number of hydrogen-bond donors (Lipinski definition) is 1. The number of nitrogens with zero attached hydrogens (tertiary/aromatic N) is 1. The van der Waals surface area contributed by atoms with Crippen molar-refractivity contribution in [3.05, 3.63) is 82.9 Å². The monoisotopic (exact) mass is 524 g/mol. The van der Waals surface area contributed by atoms with Crippen molar-refractivity contribution in [3.8, 4) is 29.1 Å². The largest absolute Gasteiger partial charge is 0.462 e. The van der Waals surface area contributed by atoms with E-state index in [0.717, 1.165) is 12.1 Å². The lowest BCUT2D eigenvalue weighted by atomic mass is 10.1. The number of halogens is 2. The Morgan fingerprint density at radius 2 is 1.53 bits per heavy atom. The molecule has 3 aromatic rings. The third-order valence-corrected chi connectivity index (χ3v) is 4.87. The second-order valence-corrected chi connectivity index (χ2v) is 9.08. The molecule has 0 aromatic heterocycles. The predicted octanol–water partition coefficient (Wildman–Crippen LogP) is 5.94. The molecule has 0 fully saturated rings.